The van der Waals surface area contributed by atoms with Crippen molar-refractivity contribution in [2.24, 2.45) is 5.92 Å². The fraction of sp³-hybridized carbons (Fsp3) is 0.955. The standard InChI is InChI=1S/C22H44O5/c1-4-7-9-10-14-24-16-18-26-19-17-25-15-11-13-22(23)27-20-21(6-3)12-8-5-2/h21H,4-20H2,1-3H3. The Balaban J connectivity index is 3.28. The fourth-order valence-electron chi connectivity index (χ4n) is 2.67. The Bertz CT molecular complexity index is 309. The van der Waals surface area contributed by atoms with E-state index in [-0.39, 0.29) is 5.97 Å². The van der Waals surface area contributed by atoms with E-state index in [0.29, 0.717) is 58.4 Å². The van der Waals surface area contributed by atoms with Crippen LogP contribution < -0.4 is 0 Å². The summed E-state index contributed by atoms with van der Waals surface area (Å²) in [5.41, 5.74) is 0. The summed E-state index contributed by atoms with van der Waals surface area (Å²) in [5.74, 6) is 0.392. The first-order chi connectivity index (χ1) is 13.2. The molecule has 27 heavy (non-hydrogen) atoms. The van der Waals surface area contributed by atoms with Crippen molar-refractivity contribution >= 4 is 5.97 Å². The summed E-state index contributed by atoms with van der Waals surface area (Å²) in [7, 11) is 0. The smallest absolute Gasteiger partial charge is 0.305 e. The molecule has 1 unspecified atom stereocenters. The molecule has 5 heteroatoms. The van der Waals surface area contributed by atoms with E-state index in [9.17, 15) is 4.79 Å². The van der Waals surface area contributed by atoms with E-state index in [1.165, 1.54) is 32.1 Å². The van der Waals surface area contributed by atoms with Crippen molar-refractivity contribution in [2.75, 3.05) is 46.2 Å². The Kier molecular flexibility index (Phi) is 21.1. The molecule has 0 saturated heterocycles. The lowest BCUT2D eigenvalue weighted by molar-refractivity contribution is -0.145. The molecule has 5 nitrogen and oxygen atoms in total. The molecule has 0 heterocycles. The predicted octanol–water partition coefficient (Wildman–Crippen LogP) is 5.16. The van der Waals surface area contributed by atoms with Crippen LogP contribution in [0.2, 0.25) is 0 Å². The van der Waals surface area contributed by atoms with Crippen molar-refractivity contribution in [3.05, 3.63) is 0 Å². The zero-order valence-electron chi connectivity index (χ0n) is 18.1. The minimum atomic E-state index is -0.110. The van der Waals surface area contributed by atoms with Crippen LogP contribution in [0.15, 0.2) is 0 Å². The van der Waals surface area contributed by atoms with Crippen molar-refractivity contribution < 1.29 is 23.7 Å². The third-order valence-electron chi connectivity index (χ3n) is 4.58. The highest BCUT2D eigenvalue weighted by atomic mass is 16.5. The van der Waals surface area contributed by atoms with Gasteiger partial charge in [-0.25, -0.2) is 0 Å². The van der Waals surface area contributed by atoms with Gasteiger partial charge in [0.05, 0.1) is 33.0 Å². The van der Waals surface area contributed by atoms with Gasteiger partial charge in [0.25, 0.3) is 0 Å². The van der Waals surface area contributed by atoms with Crippen molar-refractivity contribution in [1.82, 2.24) is 0 Å². The number of hydrogen-bond acceptors (Lipinski definition) is 5. The van der Waals surface area contributed by atoms with Gasteiger partial charge in [-0.3, -0.25) is 4.79 Å². The monoisotopic (exact) mass is 388 g/mol. The van der Waals surface area contributed by atoms with Crippen LogP contribution in [-0.4, -0.2) is 52.2 Å². The number of unbranched alkanes of at least 4 members (excludes halogenated alkanes) is 4. The molecule has 0 fully saturated rings. The number of esters is 1. The predicted molar refractivity (Wildman–Crippen MR) is 110 cm³/mol. The van der Waals surface area contributed by atoms with Gasteiger partial charge in [-0.2, -0.15) is 0 Å². The van der Waals surface area contributed by atoms with Gasteiger partial charge < -0.3 is 18.9 Å². The highest BCUT2D eigenvalue weighted by Gasteiger charge is 2.09. The minimum absolute atomic E-state index is 0.110. The van der Waals surface area contributed by atoms with Gasteiger partial charge in [-0.05, 0) is 25.2 Å². The second-order valence-corrected chi connectivity index (χ2v) is 7.10. The van der Waals surface area contributed by atoms with Crippen molar-refractivity contribution in [3.8, 4) is 0 Å². The van der Waals surface area contributed by atoms with Crippen molar-refractivity contribution in [3.63, 3.8) is 0 Å². The molecular formula is C22H44O5. The maximum atomic E-state index is 11.7. The maximum Gasteiger partial charge on any atom is 0.305 e. The lowest BCUT2D eigenvalue weighted by Crippen LogP contribution is -2.14. The van der Waals surface area contributed by atoms with E-state index < -0.39 is 0 Å². The average Bonchev–Trinajstić information content (AvgIpc) is 2.68. The lowest BCUT2D eigenvalue weighted by Gasteiger charge is -2.14. The van der Waals surface area contributed by atoms with Crippen LogP contribution in [0.5, 0.6) is 0 Å². The summed E-state index contributed by atoms with van der Waals surface area (Å²) in [6.07, 6.45) is 10.7. The van der Waals surface area contributed by atoms with E-state index in [1.807, 2.05) is 0 Å². The molecule has 0 radical (unpaired) electrons. The molecule has 0 rings (SSSR count). The number of carbonyl (C=O) groups excluding carboxylic acids is 1. The van der Waals surface area contributed by atoms with Gasteiger partial charge in [0.2, 0.25) is 0 Å². The first-order valence-electron chi connectivity index (χ1n) is 11.1. The number of ether oxygens (including phenoxy) is 4. The number of carbonyl (C=O) groups is 1. The van der Waals surface area contributed by atoms with Crippen LogP contribution in [0.3, 0.4) is 0 Å². The van der Waals surface area contributed by atoms with Gasteiger partial charge in [0, 0.05) is 19.6 Å². The molecule has 0 aromatic rings. The summed E-state index contributed by atoms with van der Waals surface area (Å²) in [6.45, 7) is 10.9. The third-order valence-corrected chi connectivity index (χ3v) is 4.58. The highest BCUT2D eigenvalue weighted by Crippen LogP contribution is 2.13. The van der Waals surface area contributed by atoms with E-state index in [2.05, 4.69) is 20.8 Å². The SMILES string of the molecule is CCCCCCOCCOCCOCCCC(=O)OCC(CC)CCCC. The lowest BCUT2D eigenvalue weighted by atomic mass is 10.0. The van der Waals surface area contributed by atoms with Gasteiger partial charge in [-0.1, -0.05) is 59.3 Å². The molecule has 0 aromatic heterocycles. The topological polar surface area (TPSA) is 54.0 Å². The van der Waals surface area contributed by atoms with Crippen LogP contribution in [0, 0.1) is 5.92 Å². The molecule has 162 valence electrons. The van der Waals surface area contributed by atoms with Crippen LogP contribution in [0.1, 0.15) is 85.0 Å². The molecule has 0 saturated carbocycles. The average molecular weight is 389 g/mol. The molecule has 0 N–H and O–H groups in total. The minimum Gasteiger partial charge on any atom is -0.465 e. The van der Waals surface area contributed by atoms with Crippen LogP contribution >= 0.6 is 0 Å². The first kappa shape index (κ1) is 26.4. The largest absolute Gasteiger partial charge is 0.465 e. The van der Waals surface area contributed by atoms with Crippen LogP contribution in [0.4, 0.5) is 0 Å². The maximum absolute atomic E-state index is 11.7. The summed E-state index contributed by atoms with van der Waals surface area (Å²) in [5, 5.41) is 0. The summed E-state index contributed by atoms with van der Waals surface area (Å²) in [4.78, 5) is 11.7. The van der Waals surface area contributed by atoms with E-state index >= 15 is 0 Å². The molecule has 0 spiro atoms. The van der Waals surface area contributed by atoms with Crippen LogP contribution in [-0.2, 0) is 23.7 Å². The van der Waals surface area contributed by atoms with Gasteiger partial charge in [0.15, 0.2) is 0 Å². The van der Waals surface area contributed by atoms with Gasteiger partial charge in [-0.15, -0.1) is 0 Å². The number of rotatable bonds is 21. The normalized spacial score (nSPS) is 12.3. The summed E-state index contributed by atoms with van der Waals surface area (Å²) < 4.78 is 21.8. The molecule has 0 bridgehead atoms. The number of hydrogen-bond donors (Lipinski definition) is 0. The molecule has 1 atom stereocenters. The third kappa shape index (κ3) is 19.9. The second kappa shape index (κ2) is 21.6. The highest BCUT2D eigenvalue weighted by molar-refractivity contribution is 5.69. The first-order valence-corrected chi connectivity index (χ1v) is 11.1. The molecule has 0 amide bonds. The fourth-order valence-corrected chi connectivity index (χ4v) is 2.67. The molecule has 0 aromatic carbocycles. The second-order valence-electron chi connectivity index (χ2n) is 7.10. The summed E-state index contributed by atoms with van der Waals surface area (Å²) in [6, 6.07) is 0. The zero-order chi connectivity index (χ0) is 20.0. The van der Waals surface area contributed by atoms with Crippen molar-refractivity contribution in [1.29, 1.82) is 0 Å². The Hall–Kier alpha value is -0.650. The molecular weight excluding hydrogens is 344 g/mol. The van der Waals surface area contributed by atoms with E-state index in [4.69, 9.17) is 18.9 Å². The Morgan fingerprint density at radius 3 is 1.89 bits per heavy atom. The molecule has 0 aliphatic carbocycles. The van der Waals surface area contributed by atoms with Gasteiger partial charge >= 0.3 is 5.97 Å². The molecule has 0 aliphatic rings. The zero-order valence-corrected chi connectivity index (χ0v) is 18.1. The van der Waals surface area contributed by atoms with E-state index in [1.54, 1.807) is 0 Å². The van der Waals surface area contributed by atoms with Crippen LogP contribution in [0.25, 0.3) is 0 Å². The van der Waals surface area contributed by atoms with Gasteiger partial charge in [0.1, 0.15) is 0 Å². The van der Waals surface area contributed by atoms with Crippen molar-refractivity contribution in [2.45, 2.75) is 85.0 Å². The molecule has 0 aliphatic heterocycles. The Morgan fingerprint density at radius 1 is 0.704 bits per heavy atom. The van der Waals surface area contributed by atoms with E-state index in [0.717, 1.165) is 25.9 Å². The Labute approximate surface area is 167 Å². The summed E-state index contributed by atoms with van der Waals surface area (Å²) >= 11 is 0. The Morgan fingerprint density at radius 2 is 1.30 bits per heavy atom. The quantitative estimate of drug-likeness (QED) is 0.201.